The van der Waals surface area contributed by atoms with Crippen molar-refractivity contribution in [1.29, 1.82) is 0 Å². The van der Waals surface area contributed by atoms with Crippen LogP contribution in [0.5, 0.6) is 0 Å². The molecule has 1 aliphatic rings. The highest BCUT2D eigenvalue weighted by molar-refractivity contribution is 8.00. The number of thioether (sulfide) groups is 1. The van der Waals surface area contributed by atoms with Crippen LogP contribution >= 0.6 is 35.0 Å². The molecule has 0 saturated carbocycles. The average Bonchev–Trinajstić information content (AvgIpc) is 2.43. The zero-order valence-electron chi connectivity index (χ0n) is 10.7. The molecule has 0 spiro atoms. The molecule has 104 valence electrons. The maximum atomic E-state index is 12.3. The molecule has 1 fully saturated rings. The molecule has 1 atom stereocenters. The maximum absolute atomic E-state index is 12.3. The predicted molar refractivity (Wildman–Crippen MR) is 81.2 cm³/mol. The molecule has 1 aliphatic heterocycles. The second-order valence-electron chi connectivity index (χ2n) is 4.41. The molecule has 0 radical (unpaired) electrons. The zero-order valence-corrected chi connectivity index (χ0v) is 13.0. The van der Waals surface area contributed by atoms with Crippen molar-refractivity contribution in [2.45, 2.75) is 17.1 Å². The van der Waals surface area contributed by atoms with Crippen molar-refractivity contribution in [3.05, 3.63) is 28.2 Å². The van der Waals surface area contributed by atoms with E-state index in [1.807, 2.05) is 17.9 Å². The summed E-state index contributed by atoms with van der Waals surface area (Å²) >= 11 is 13.4. The van der Waals surface area contributed by atoms with E-state index in [0.717, 1.165) is 31.1 Å². The van der Waals surface area contributed by atoms with Crippen molar-refractivity contribution in [2.24, 2.45) is 0 Å². The van der Waals surface area contributed by atoms with Crippen molar-refractivity contribution in [2.75, 3.05) is 26.2 Å². The molecule has 6 heteroatoms. The van der Waals surface area contributed by atoms with E-state index in [4.69, 9.17) is 23.2 Å². The van der Waals surface area contributed by atoms with Gasteiger partial charge in [0.1, 0.15) is 0 Å². The number of hydrogen-bond acceptors (Lipinski definition) is 3. The first-order valence-electron chi connectivity index (χ1n) is 6.19. The Labute approximate surface area is 127 Å². The van der Waals surface area contributed by atoms with Gasteiger partial charge in [-0.3, -0.25) is 4.79 Å². The van der Waals surface area contributed by atoms with E-state index in [1.165, 1.54) is 11.8 Å². The van der Waals surface area contributed by atoms with Crippen LogP contribution in [0.25, 0.3) is 0 Å². The van der Waals surface area contributed by atoms with Gasteiger partial charge in [0.15, 0.2) is 0 Å². The topological polar surface area (TPSA) is 32.3 Å². The lowest BCUT2D eigenvalue weighted by Crippen LogP contribution is -2.48. The van der Waals surface area contributed by atoms with Crippen LogP contribution in [0.2, 0.25) is 10.0 Å². The molecular weight excluding hydrogens is 303 g/mol. The van der Waals surface area contributed by atoms with E-state index in [2.05, 4.69) is 5.32 Å². The van der Waals surface area contributed by atoms with Crippen LogP contribution in [0.3, 0.4) is 0 Å². The van der Waals surface area contributed by atoms with E-state index in [9.17, 15) is 4.79 Å². The molecular formula is C13H16Cl2N2OS. The van der Waals surface area contributed by atoms with Gasteiger partial charge in [-0.2, -0.15) is 0 Å². The van der Waals surface area contributed by atoms with E-state index in [0.29, 0.717) is 10.0 Å². The Morgan fingerprint density at radius 2 is 2.00 bits per heavy atom. The SMILES string of the molecule is CC(Sc1ccc(Cl)c(Cl)c1)C(=O)N1CCNCC1. The fraction of sp³-hybridized carbons (Fsp3) is 0.462. The Morgan fingerprint density at radius 1 is 1.32 bits per heavy atom. The molecule has 0 aliphatic carbocycles. The van der Waals surface area contributed by atoms with Gasteiger partial charge in [0.25, 0.3) is 0 Å². The maximum Gasteiger partial charge on any atom is 0.235 e. The smallest absolute Gasteiger partial charge is 0.235 e. The van der Waals surface area contributed by atoms with E-state index in [-0.39, 0.29) is 11.2 Å². The first kappa shape index (κ1) is 15.0. The van der Waals surface area contributed by atoms with Crippen molar-refractivity contribution >= 4 is 40.9 Å². The number of benzene rings is 1. The summed E-state index contributed by atoms with van der Waals surface area (Å²) in [4.78, 5) is 15.1. The number of rotatable bonds is 3. The Morgan fingerprint density at radius 3 is 2.63 bits per heavy atom. The highest BCUT2D eigenvalue weighted by atomic mass is 35.5. The number of halogens is 2. The van der Waals surface area contributed by atoms with Crippen LogP contribution in [0.1, 0.15) is 6.92 Å². The van der Waals surface area contributed by atoms with Crippen LogP contribution in [0.4, 0.5) is 0 Å². The van der Waals surface area contributed by atoms with Crippen LogP contribution in [-0.2, 0) is 4.79 Å². The number of piperazine rings is 1. The molecule has 0 bridgehead atoms. The van der Waals surface area contributed by atoms with Crippen molar-refractivity contribution in [3.63, 3.8) is 0 Å². The lowest BCUT2D eigenvalue weighted by atomic mass is 10.3. The normalized spacial score (nSPS) is 17.3. The number of nitrogens with zero attached hydrogens (tertiary/aromatic N) is 1. The number of nitrogens with one attached hydrogen (secondary N) is 1. The molecule has 0 aromatic heterocycles. The summed E-state index contributed by atoms with van der Waals surface area (Å²) in [5, 5.41) is 4.18. The van der Waals surface area contributed by atoms with Gasteiger partial charge in [0.2, 0.25) is 5.91 Å². The lowest BCUT2D eigenvalue weighted by molar-refractivity contribution is -0.130. The lowest BCUT2D eigenvalue weighted by Gasteiger charge is -2.29. The number of amides is 1. The fourth-order valence-electron chi connectivity index (χ4n) is 1.95. The Hall–Kier alpha value is -0.420. The van der Waals surface area contributed by atoms with Crippen molar-refractivity contribution in [3.8, 4) is 0 Å². The standard InChI is InChI=1S/C13H16Cl2N2OS/c1-9(13(18)17-6-4-16-5-7-17)19-10-2-3-11(14)12(15)8-10/h2-3,8-9,16H,4-7H2,1H3. The first-order valence-corrected chi connectivity index (χ1v) is 7.82. The zero-order chi connectivity index (χ0) is 13.8. The third kappa shape index (κ3) is 4.02. The third-order valence-corrected chi connectivity index (χ3v) is 4.80. The van der Waals surface area contributed by atoms with Gasteiger partial charge in [-0.05, 0) is 25.1 Å². The minimum atomic E-state index is -0.115. The molecule has 1 aromatic carbocycles. The Balaban J connectivity index is 1.97. The highest BCUT2D eigenvalue weighted by Crippen LogP contribution is 2.30. The molecule has 1 aromatic rings. The van der Waals surface area contributed by atoms with E-state index < -0.39 is 0 Å². The molecule has 3 nitrogen and oxygen atoms in total. The van der Waals surface area contributed by atoms with Gasteiger partial charge in [-0.1, -0.05) is 23.2 Å². The monoisotopic (exact) mass is 318 g/mol. The van der Waals surface area contributed by atoms with Crippen LogP contribution < -0.4 is 5.32 Å². The summed E-state index contributed by atoms with van der Waals surface area (Å²) < 4.78 is 0. The van der Waals surface area contributed by atoms with Crippen molar-refractivity contribution < 1.29 is 4.79 Å². The molecule has 1 N–H and O–H groups in total. The van der Waals surface area contributed by atoms with Gasteiger partial charge in [0.05, 0.1) is 15.3 Å². The quantitative estimate of drug-likeness (QED) is 0.870. The summed E-state index contributed by atoms with van der Waals surface area (Å²) in [6, 6.07) is 5.45. The molecule has 19 heavy (non-hydrogen) atoms. The second-order valence-corrected chi connectivity index (χ2v) is 6.64. The Kier molecular flexibility index (Phi) is 5.39. The minimum absolute atomic E-state index is 0.115. The van der Waals surface area contributed by atoms with Gasteiger partial charge in [-0.15, -0.1) is 11.8 Å². The van der Waals surface area contributed by atoms with Crippen LogP contribution in [0.15, 0.2) is 23.1 Å². The highest BCUT2D eigenvalue weighted by Gasteiger charge is 2.22. The van der Waals surface area contributed by atoms with Gasteiger partial charge < -0.3 is 10.2 Å². The number of carbonyl (C=O) groups excluding carboxylic acids is 1. The summed E-state index contributed by atoms with van der Waals surface area (Å²) in [5.41, 5.74) is 0. The van der Waals surface area contributed by atoms with E-state index in [1.54, 1.807) is 12.1 Å². The Bertz CT molecular complexity index is 464. The largest absolute Gasteiger partial charge is 0.339 e. The first-order chi connectivity index (χ1) is 9.08. The average molecular weight is 319 g/mol. The van der Waals surface area contributed by atoms with Crippen LogP contribution in [-0.4, -0.2) is 42.2 Å². The molecule has 2 rings (SSSR count). The summed E-state index contributed by atoms with van der Waals surface area (Å²) in [5.74, 6) is 0.178. The number of hydrogen-bond donors (Lipinski definition) is 1. The minimum Gasteiger partial charge on any atom is -0.339 e. The van der Waals surface area contributed by atoms with E-state index >= 15 is 0 Å². The van der Waals surface area contributed by atoms with Crippen molar-refractivity contribution in [1.82, 2.24) is 10.2 Å². The number of carbonyl (C=O) groups is 1. The summed E-state index contributed by atoms with van der Waals surface area (Å²) in [6.07, 6.45) is 0. The molecule has 1 unspecified atom stereocenters. The molecule has 1 amide bonds. The van der Waals surface area contributed by atoms with Crippen LogP contribution in [0, 0.1) is 0 Å². The predicted octanol–water partition coefficient (Wildman–Crippen LogP) is 2.91. The third-order valence-electron chi connectivity index (χ3n) is 2.98. The van der Waals surface area contributed by atoms with Gasteiger partial charge >= 0.3 is 0 Å². The van der Waals surface area contributed by atoms with Gasteiger partial charge in [-0.25, -0.2) is 0 Å². The molecule has 1 saturated heterocycles. The molecule has 1 heterocycles. The second kappa shape index (κ2) is 6.84. The summed E-state index contributed by atoms with van der Waals surface area (Å²) in [7, 11) is 0. The fourth-order valence-corrected chi connectivity index (χ4v) is 3.30. The van der Waals surface area contributed by atoms with Gasteiger partial charge in [0, 0.05) is 31.1 Å². The summed E-state index contributed by atoms with van der Waals surface area (Å²) in [6.45, 7) is 5.24.